The van der Waals surface area contributed by atoms with Gasteiger partial charge in [0.1, 0.15) is 17.6 Å². The molecule has 0 amide bonds. The molecule has 152 valence electrons. The number of hydrogen-bond donors (Lipinski definition) is 1. The Kier molecular flexibility index (Phi) is 9.40. The van der Waals surface area contributed by atoms with E-state index in [-0.39, 0.29) is 30.1 Å². The summed E-state index contributed by atoms with van der Waals surface area (Å²) < 4.78 is 11.5. The quantitative estimate of drug-likeness (QED) is 0.266. The second-order valence-electron chi connectivity index (χ2n) is 6.97. The maximum absolute atomic E-state index is 6.10. The molecule has 1 aliphatic rings. The minimum Gasteiger partial charge on any atom is -0.490 e. The number of furan rings is 1. The van der Waals surface area contributed by atoms with Gasteiger partial charge in [0.15, 0.2) is 5.96 Å². The summed E-state index contributed by atoms with van der Waals surface area (Å²) in [6, 6.07) is 14.0. The first-order chi connectivity index (χ1) is 13.2. The predicted molar refractivity (Wildman–Crippen MR) is 125 cm³/mol. The van der Waals surface area contributed by atoms with Crippen LogP contribution in [0.25, 0.3) is 0 Å². The summed E-state index contributed by atoms with van der Waals surface area (Å²) in [5.41, 5.74) is 1.06. The molecule has 0 bridgehead atoms. The van der Waals surface area contributed by atoms with E-state index in [2.05, 4.69) is 16.8 Å². The van der Waals surface area contributed by atoms with E-state index in [1.165, 1.54) is 0 Å². The molecule has 1 aromatic carbocycles. The van der Waals surface area contributed by atoms with E-state index >= 15 is 0 Å². The Hall–Kier alpha value is -1.96. The zero-order chi connectivity index (χ0) is 18.9. The van der Waals surface area contributed by atoms with Crippen LogP contribution in [-0.2, 0) is 6.42 Å². The Morgan fingerprint density at radius 2 is 1.96 bits per heavy atom. The number of rotatable bonds is 7. The Morgan fingerprint density at radius 3 is 2.61 bits per heavy atom. The van der Waals surface area contributed by atoms with Gasteiger partial charge in [0, 0.05) is 38.9 Å². The predicted octanol–water partition coefficient (Wildman–Crippen LogP) is 4.51. The second kappa shape index (κ2) is 11.8. The van der Waals surface area contributed by atoms with Crippen molar-refractivity contribution in [1.29, 1.82) is 0 Å². The van der Waals surface area contributed by atoms with E-state index < -0.39 is 0 Å². The Bertz CT molecular complexity index is 724. The molecule has 1 N–H and O–H groups in total. The lowest BCUT2D eigenvalue weighted by Crippen LogP contribution is -2.48. The summed E-state index contributed by atoms with van der Waals surface area (Å²) in [6.45, 7) is 9.27. The average Bonchev–Trinajstić information content (AvgIpc) is 3.19. The van der Waals surface area contributed by atoms with E-state index in [0.717, 1.165) is 61.9 Å². The molecule has 1 aromatic heterocycles. The number of nitrogens with one attached hydrogen (secondary N) is 1. The zero-order valence-corrected chi connectivity index (χ0v) is 18.8. The van der Waals surface area contributed by atoms with Gasteiger partial charge in [-0.15, -0.1) is 24.0 Å². The molecule has 3 rings (SSSR count). The number of piperidine rings is 1. The van der Waals surface area contributed by atoms with Gasteiger partial charge < -0.3 is 19.4 Å². The van der Waals surface area contributed by atoms with Gasteiger partial charge in [0.25, 0.3) is 0 Å². The molecule has 2 aromatic rings. The third-order valence-electron chi connectivity index (χ3n) is 4.52. The fourth-order valence-corrected chi connectivity index (χ4v) is 3.11. The summed E-state index contributed by atoms with van der Waals surface area (Å²) >= 11 is 0. The summed E-state index contributed by atoms with van der Waals surface area (Å²) in [5.74, 6) is 2.88. The molecule has 5 nitrogen and oxygen atoms in total. The average molecular weight is 495 g/mol. The molecule has 0 aliphatic carbocycles. The topological polar surface area (TPSA) is 50.0 Å². The van der Waals surface area contributed by atoms with Crippen molar-refractivity contribution in [2.45, 2.75) is 32.3 Å². The van der Waals surface area contributed by atoms with Gasteiger partial charge in [-0.2, -0.15) is 0 Å². The molecule has 0 atom stereocenters. The summed E-state index contributed by atoms with van der Waals surface area (Å²) in [7, 11) is 0. The summed E-state index contributed by atoms with van der Waals surface area (Å²) in [4.78, 5) is 7.05. The van der Waals surface area contributed by atoms with Crippen molar-refractivity contribution < 1.29 is 9.15 Å². The van der Waals surface area contributed by atoms with Gasteiger partial charge in [-0.05, 0) is 31.2 Å². The smallest absolute Gasteiger partial charge is 0.194 e. The van der Waals surface area contributed by atoms with Crippen molar-refractivity contribution in [1.82, 2.24) is 10.2 Å². The van der Waals surface area contributed by atoms with Gasteiger partial charge in [-0.1, -0.05) is 30.4 Å². The Morgan fingerprint density at radius 1 is 1.21 bits per heavy atom. The van der Waals surface area contributed by atoms with Crippen LogP contribution in [0.2, 0.25) is 0 Å². The first-order valence-corrected chi connectivity index (χ1v) is 9.62. The standard InChI is InChI=1S/C22H29N3O2.HI/c1-18(2)17-24-22(23-13-10-19-9-6-16-26-19)25-14-11-21(12-15-25)27-20-7-4-3-5-8-20;/h3-9,16,21H,1,10-15,17H2,2H3,(H,23,24);1H. The molecule has 1 fully saturated rings. The molecule has 6 heteroatoms. The van der Waals surface area contributed by atoms with Crippen molar-refractivity contribution >= 4 is 29.9 Å². The number of benzene rings is 1. The highest BCUT2D eigenvalue weighted by atomic mass is 127. The van der Waals surface area contributed by atoms with Gasteiger partial charge in [0.05, 0.1) is 12.8 Å². The summed E-state index contributed by atoms with van der Waals surface area (Å²) in [6.07, 6.45) is 4.78. The molecule has 0 spiro atoms. The lowest BCUT2D eigenvalue weighted by atomic mass is 10.1. The highest BCUT2D eigenvalue weighted by Gasteiger charge is 2.22. The Labute approximate surface area is 184 Å². The van der Waals surface area contributed by atoms with Crippen LogP contribution in [0.5, 0.6) is 5.75 Å². The van der Waals surface area contributed by atoms with E-state index in [0.29, 0.717) is 6.54 Å². The minimum atomic E-state index is 0. The molecule has 28 heavy (non-hydrogen) atoms. The largest absolute Gasteiger partial charge is 0.490 e. The number of para-hydroxylation sites is 1. The van der Waals surface area contributed by atoms with Gasteiger partial charge >= 0.3 is 0 Å². The fraction of sp³-hybridized carbons (Fsp3) is 0.409. The number of likely N-dealkylation sites (tertiary alicyclic amines) is 1. The first kappa shape index (κ1) is 22.3. The van der Waals surface area contributed by atoms with Crippen LogP contribution in [0.1, 0.15) is 25.5 Å². The zero-order valence-electron chi connectivity index (χ0n) is 16.5. The molecule has 0 saturated carbocycles. The van der Waals surface area contributed by atoms with Crippen LogP contribution < -0.4 is 10.1 Å². The molecule has 1 saturated heterocycles. The number of aliphatic imine (C=N–C) groups is 1. The van der Waals surface area contributed by atoms with Crippen LogP contribution >= 0.6 is 24.0 Å². The maximum Gasteiger partial charge on any atom is 0.194 e. The van der Waals surface area contributed by atoms with Gasteiger partial charge in [-0.25, -0.2) is 4.99 Å². The third-order valence-corrected chi connectivity index (χ3v) is 4.52. The number of guanidine groups is 1. The lowest BCUT2D eigenvalue weighted by Gasteiger charge is -2.34. The molecular weight excluding hydrogens is 465 g/mol. The van der Waals surface area contributed by atoms with Crippen molar-refractivity contribution in [2.24, 2.45) is 4.99 Å². The van der Waals surface area contributed by atoms with Crippen LogP contribution in [-0.4, -0.2) is 43.1 Å². The highest BCUT2D eigenvalue weighted by Crippen LogP contribution is 2.18. The fourth-order valence-electron chi connectivity index (χ4n) is 3.11. The maximum atomic E-state index is 6.10. The monoisotopic (exact) mass is 495 g/mol. The van der Waals surface area contributed by atoms with Gasteiger partial charge in [0.2, 0.25) is 0 Å². The highest BCUT2D eigenvalue weighted by molar-refractivity contribution is 14.0. The number of hydrogen-bond acceptors (Lipinski definition) is 3. The minimum absolute atomic E-state index is 0. The number of halogens is 1. The molecule has 0 unspecified atom stereocenters. The van der Waals surface area contributed by atoms with E-state index in [1.807, 2.05) is 49.4 Å². The SMILES string of the molecule is C=C(C)CN=C(NCCc1ccco1)N1CCC(Oc2ccccc2)CC1.I. The second-order valence-corrected chi connectivity index (χ2v) is 6.97. The third kappa shape index (κ3) is 7.22. The molecule has 2 heterocycles. The normalized spacial score (nSPS) is 15.0. The Balaban J connectivity index is 0.00000280. The molecule has 1 aliphatic heterocycles. The van der Waals surface area contributed by atoms with Crippen molar-refractivity contribution in [3.8, 4) is 5.75 Å². The number of ether oxygens (including phenoxy) is 1. The summed E-state index contributed by atoms with van der Waals surface area (Å²) in [5, 5.41) is 3.48. The van der Waals surface area contributed by atoms with E-state index in [1.54, 1.807) is 6.26 Å². The molecular formula is C22H30IN3O2. The van der Waals surface area contributed by atoms with E-state index in [4.69, 9.17) is 14.1 Å². The van der Waals surface area contributed by atoms with Crippen molar-refractivity contribution in [3.63, 3.8) is 0 Å². The van der Waals surface area contributed by atoms with Crippen LogP contribution in [0.4, 0.5) is 0 Å². The molecule has 0 radical (unpaired) electrons. The van der Waals surface area contributed by atoms with Crippen LogP contribution in [0.3, 0.4) is 0 Å². The van der Waals surface area contributed by atoms with Crippen LogP contribution in [0, 0.1) is 0 Å². The van der Waals surface area contributed by atoms with Crippen molar-refractivity contribution in [3.05, 3.63) is 66.6 Å². The van der Waals surface area contributed by atoms with Crippen LogP contribution in [0.15, 0.2) is 70.3 Å². The van der Waals surface area contributed by atoms with Crippen molar-refractivity contribution in [2.75, 3.05) is 26.2 Å². The van der Waals surface area contributed by atoms with Gasteiger partial charge in [-0.3, -0.25) is 0 Å². The first-order valence-electron chi connectivity index (χ1n) is 9.62. The lowest BCUT2D eigenvalue weighted by molar-refractivity contribution is 0.129. The number of nitrogens with zero attached hydrogens (tertiary/aromatic N) is 2. The van der Waals surface area contributed by atoms with E-state index in [9.17, 15) is 0 Å².